The first-order valence-corrected chi connectivity index (χ1v) is 1.62. The van der Waals surface area contributed by atoms with Gasteiger partial charge in [-0.05, 0) is 0 Å². The van der Waals surface area contributed by atoms with Gasteiger partial charge in [-0.2, -0.15) is 13.5 Å². The molecule has 6 heavy (non-hydrogen) atoms. The van der Waals surface area contributed by atoms with Gasteiger partial charge in [-0.1, -0.05) is 30.8 Å². The van der Waals surface area contributed by atoms with Crippen LogP contribution < -0.4 is 0 Å². The highest BCUT2D eigenvalue weighted by Gasteiger charge is 1.63. The molecule has 0 bridgehead atoms. The summed E-state index contributed by atoms with van der Waals surface area (Å²) >= 11 is 5.15. The van der Waals surface area contributed by atoms with Crippen LogP contribution in [-0.2, 0) is 0 Å². The van der Waals surface area contributed by atoms with Crippen LogP contribution in [0.2, 0.25) is 0 Å². The van der Waals surface area contributed by atoms with Gasteiger partial charge in [-0.3, -0.25) is 0 Å². The van der Waals surface area contributed by atoms with Crippen LogP contribution in [0.1, 0.15) is 0 Å². The fourth-order valence-corrected chi connectivity index (χ4v) is 0. The lowest BCUT2D eigenvalue weighted by Crippen LogP contribution is -1.42. The maximum Gasteiger partial charge on any atom is 0.0328 e. The molecule has 0 rings (SSSR count). The molecule has 0 nitrogen and oxygen atoms in total. The molecule has 0 amide bonds. The molecule has 2 heteroatoms. The van der Waals surface area contributed by atoms with Crippen LogP contribution in [0, 0.1) is 0 Å². The van der Waals surface area contributed by atoms with E-state index in [1.807, 2.05) is 0 Å². The molecule has 0 aromatic rings. The third-order valence-corrected chi connectivity index (χ3v) is 0.376. The smallest absolute Gasteiger partial charge is 0.0328 e. The summed E-state index contributed by atoms with van der Waals surface area (Å²) in [6, 6.07) is 0. The Balaban J connectivity index is 0. The fourth-order valence-electron chi connectivity index (χ4n) is 0. The maximum atomic E-state index is 5.15. The Kier molecular flexibility index (Phi) is 8.07. The van der Waals surface area contributed by atoms with Crippen LogP contribution >= 0.6 is 25.1 Å². The highest BCUT2D eigenvalue weighted by Crippen LogP contribution is 1.92. The first-order valence-electron chi connectivity index (χ1n) is 1.24. The van der Waals surface area contributed by atoms with Crippen molar-refractivity contribution in [2.75, 3.05) is 0 Å². The molecule has 0 unspecified atom stereocenters. The monoisotopic (exact) mass is 122 g/mol. The molecule has 0 heterocycles. The normalized spacial score (nSPS) is 5.50. The van der Waals surface area contributed by atoms with Gasteiger partial charge in [0.1, 0.15) is 0 Å². The van der Waals surface area contributed by atoms with E-state index in [9.17, 15) is 0 Å². The summed E-state index contributed by atoms with van der Waals surface area (Å²) in [5.74, 6) is 0. The summed E-state index contributed by atoms with van der Waals surface area (Å²) in [6.07, 6.45) is 1.49. The zero-order chi connectivity index (χ0) is 4.28. The maximum absolute atomic E-state index is 5.15. The topological polar surface area (TPSA) is 0 Å². The molecule has 0 saturated heterocycles. The van der Waals surface area contributed by atoms with Crippen LogP contribution in [0.4, 0.5) is 0 Å². The van der Waals surface area contributed by atoms with E-state index in [2.05, 4.69) is 13.2 Å². The standard InChI is InChI=1S/C4H5Cl.H2S/c1-3-4(2)5;/h3H,1-2H2;1H2. The van der Waals surface area contributed by atoms with Crippen molar-refractivity contribution in [2.24, 2.45) is 0 Å². The molecule has 0 aliphatic rings. The fraction of sp³-hybridized carbons (Fsp3) is 0. The van der Waals surface area contributed by atoms with Gasteiger partial charge in [0.05, 0.1) is 0 Å². The van der Waals surface area contributed by atoms with E-state index >= 15 is 0 Å². The average molecular weight is 123 g/mol. The van der Waals surface area contributed by atoms with E-state index in [1.54, 1.807) is 0 Å². The average Bonchev–Trinajstić information content (AvgIpc) is 1.38. The predicted molar refractivity (Wildman–Crippen MR) is 35.6 cm³/mol. The molecule has 0 aromatic carbocycles. The predicted octanol–water partition coefficient (Wildman–Crippen LogP) is 2.04. The molecular weight excluding hydrogens is 116 g/mol. The third-order valence-electron chi connectivity index (χ3n) is 0.221. The second kappa shape index (κ2) is 5.12. The van der Waals surface area contributed by atoms with Crippen LogP contribution in [0.25, 0.3) is 0 Å². The minimum atomic E-state index is 0. The molecule has 0 aliphatic heterocycles. The van der Waals surface area contributed by atoms with Gasteiger partial charge in [0.2, 0.25) is 0 Å². The Morgan fingerprint density at radius 1 is 1.67 bits per heavy atom. The van der Waals surface area contributed by atoms with E-state index < -0.39 is 0 Å². The van der Waals surface area contributed by atoms with Gasteiger partial charge in [0, 0.05) is 5.03 Å². The summed E-state index contributed by atoms with van der Waals surface area (Å²) in [5, 5.41) is 0.491. The minimum Gasteiger partial charge on any atom is -0.197 e. The van der Waals surface area contributed by atoms with Gasteiger partial charge in [-0.15, -0.1) is 0 Å². The quantitative estimate of drug-likeness (QED) is 0.467. The molecule has 0 N–H and O–H groups in total. The zero-order valence-electron chi connectivity index (χ0n) is 3.37. The Hall–Kier alpha value is 0.120. The molecule has 0 radical (unpaired) electrons. The molecular formula is C4H7ClS. The molecule has 36 valence electrons. The summed E-state index contributed by atoms with van der Waals surface area (Å²) in [5.41, 5.74) is 0. The van der Waals surface area contributed by atoms with Gasteiger partial charge in [0.15, 0.2) is 0 Å². The first kappa shape index (κ1) is 9.45. The van der Waals surface area contributed by atoms with Crippen molar-refractivity contribution < 1.29 is 0 Å². The minimum absolute atomic E-state index is 0. The lowest BCUT2D eigenvalue weighted by molar-refractivity contribution is 2.04. The molecule has 0 fully saturated rings. The Morgan fingerprint density at radius 3 is 1.83 bits per heavy atom. The Morgan fingerprint density at radius 2 is 1.83 bits per heavy atom. The molecule has 0 saturated carbocycles. The van der Waals surface area contributed by atoms with Crippen molar-refractivity contribution in [3.63, 3.8) is 0 Å². The van der Waals surface area contributed by atoms with Crippen molar-refractivity contribution in [3.05, 3.63) is 24.3 Å². The zero-order valence-corrected chi connectivity index (χ0v) is 5.13. The summed E-state index contributed by atoms with van der Waals surface area (Å²) in [6.45, 7) is 6.65. The summed E-state index contributed by atoms with van der Waals surface area (Å²) in [4.78, 5) is 0. The number of allylic oxidation sites excluding steroid dienone is 2. The Labute approximate surface area is 50.0 Å². The third kappa shape index (κ3) is 8.92. The van der Waals surface area contributed by atoms with Gasteiger partial charge in [-0.25, -0.2) is 0 Å². The van der Waals surface area contributed by atoms with E-state index in [4.69, 9.17) is 11.6 Å². The van der Waals surface area contributed by atoms with Crippen molar-refractivity contribution >= 4 is 25.1 Å². The van der Waals surface area contributed by atoms with Gasteiger partial charge < -0.3 is 0 Å². The molecule has 0 atom stereocenters. The summed E-state index contributed by atoms with van der Waals surface area (Å²) < 4.78 is 0. The van der Waals surface area contributed by atoms with E-state index in [0.29, 0.717) is 5.03 Å². The van der Waals surface area contributed by atoms with Gasteiger partial charge in [0.25, 0.3) is 0 Å². The number of hydrogen-bond acceptors (Lipinski definition) is 0. The number of rotatable bonds is 1. The van der Waals surface area contributed by atoms with Gasteiger partial charge >= 0.3 is 0 Å². The second-order valence-corrected chi connectivity index (χ2v) is 1.14. The molecule has 0 aliphatic carbocycles. The second-order valence-electron chi connectivity index (χ2n) is 0.651. The highest BCUT2D eigenvalue weighted by atomic mass is 35.5. The largest absolute Gasteiger partial charge is 0.197 e. The lowest BCUT2D eigenvalue weighted by atomic mass is 10.6. The van der Waals surface area contributed by atoms with Crippen molar-refractivity contribution in [1.82, 2.24) is 0 Å². The van der Waals surface area contributed by atoms with Crippen molar-refractivity contribution in [1.29, 1.82) is 0 Å². The molecule has 0 aromatic heterocycles. The summed E-state index contributed by atoms with van der Waals surface area (Å²) in [7, 11) is 0. The molecule has 0 spiro atoms. The van der Waals surface area contributed by atoms with Crippen molar-refractivity contribution in [2.45, 2.75) is 0 Å². The number of hydrogen-bond donors (Lipinski definition) is 0. The van der Waals surface area contributed by atoms with Crippen LogP contribution in [-0.4, -0.2) is 0 Å². The lowest BCUT2D eigenvalue weighted by Gasteiger charge is -1.67. The van der Waals surface area contributed by atoms with E-state index in [0.717, 1.165) is 0 Å². The van der Waals surface area contributed by atoms with Crippen LogP contribution in [0.15, 0.2) is 24.3 Å². The SMILES string of the molecule is C=CC(=C)Cl.S. The van der Waals surface area contributed by atoms with E-state index in [-0.39, 0.29) is 13.5 Å². The van der Waals surface area contributed by atoms with E-state index in [1.165, 1.54) is 6.08 Å². The highest BCUT2D eigenvalue weighted by molar-refractivity contribution is 7.59. The van der Waals surface area contributed by atoms with Crippen LogP contribution in [0.5, 0.6) is 0 Å². The van der Waals surface area contributed by atoms with Crippen LogP contribution in [0.3, 0.4) is 0 Å². The Bertz CT molecular complexity index is 58.6. The number of halogens is 1. The first-order chi connectivity index (χ1) is 2.27. The van der Waals surface area contributed by atoms with Crippen molar-refractivity contribution in [3.8, 4) is 0 Å².